The summed E-state index contributed by atoms with van der Waals surface area (Å²) in [5.41, 5.74) is 2.99. The van der Waals surface area contributed by atoms with Gasteiger partial charge in [0.05, 0.1) is 5.69 Å². The SMILES string of the molecule is CNc1nc(C2(c3ccccc3)CCN(C(=O)c3cccn3C)CC2)cs1. The second-order valence-corrected chi connectivity index (χ2v) is 7.89. The van der Waals surface area contributed by atoms with Gasteiger partial charge in [0.25, 0.3) is 5.91 Å². The van der Waals surface area contributed by atoms with Gasteiger partial charge in [-0.3, -0.25) is 4.79 Å². The molecule has 0 saturated carbocycles. The molecule has 1 fully saturated rings. The van der Waals surface area contributed by atoms with Crippen molar-refractivity contribution in [2.45, 2.75) is 18.3 Å². The highest BCUT2D eigenvalue weighted by Crippen LogP contribution is 2.42. The normalized spacial score (nSPS) is 16.3. The predicted molar refractivity (Wildman–Crippen MR) is 109 cm³/mol. The molecule has 3 aromatic rings. The molecule has 0 unspecified atom stereocenters. The number of benzene rings is 1. The van der Waals surface area contributed by atoms with Crippen molar-refractivity contribution in [1.82, 2.24) is 14.5 Å². The van der Waals surface area contributed by atoms with E-state index in [9.17, 15) is 4.79 Å². The maximum atomic E-state index is 12.9. The molecular formula is C21H24N4OS. The summed E-state index contributed by atoms with van der Waals surface area (Å²) in [5.74, 6) is 0.110. The zero-order valence-electron chi connectivity index (χ0n) is 15.7. The van der Waals surface area contributed by atoms with Gasteiger partial charge >= 0.3 is 0 Å². The molecule has 0 atom stereocenters. The minimum Gasteiger partial charge on any atom is -0.365 e. The van der Waals surface area contributed by atoms with E-state index < -0.39 is 0 Å². The summed E-state index contributed by atoms with van der Waals surface area (Å²) in [6.45, 7) is 1.46. The van der Waals surface area contributed by atoms with E-state index in [4.69, 9.17) is 4.98 Å². The third kappa shape index (κ3) is 3.14. The maximum Gasteiger partial charge on any atom is 0.270 e. The van der Waals surface area contributed by atoms with Gasteiger partial charge < -0.3 is 14.8 Å². The Bertz CT molecular complexity index is 923. The number of anilines is 1. The van der Waals surface area contributed by atoms with Crippen molar-refractivity contribution in [3.63, 3.8) is 0 Å². The van der Waals surface area contributed by atoms with Gasteiger partial charge in [0.15, 0.2) is 5.13 Å². The fourth-order valence-electron chi connectivity index (χ4n) is 4.00. The molecule has 0 spiro atoms. The first-order valence-electron chi connectivity index (χ1n) is 9.24. The number of nitrogens with one attached hydrogen (secondary N) is 1. The zero-order chi connectivity index (χ0) is 18.9. The molecule has 2 aromatic heterocycles. The van der Waals surface area contributed by atoms with Gasteiger partial charge in [0, 0.05) is 44.2 Å². The third-order valence-electron chi connectivity index (χ3n) is 5.60. The molecule has 4 rings (SSSR count). The lowest BCUT2D eigenvalue weighted by Crippen LogP contribution is -2.46. The van der Waals surface area contributed by atoms with E-state index in [1.165, 1.54) is 5.56 Å². The second kappa shape index (κ2) is 7.19. The van der Waals surface area contributed by atoms with Crippen LogP contribution in [0.4, 0.5) is 5.13 Å². The van der Waals surface area contributed by atoms with E-state index in [2.05, 4.69) is 35.0 Å². The van der Waals surface area contributed by atoms with Gasteiger partial charge in [-0.25, -0.2) is 4.98 Å². The average Bonchev–Trinajstić information content (AvgIpc) is 3.37. The van der Waals surface area contributed by atoms with Crippen LogP contribution < -0.4 is 5.32 Å². The number of carbonyl (C=O) groups excluding carboxylic acids is 1. The van der Waals surface area contributed by atoms with Crippen LogP contribution in [-0.4, -0.2) is 40.5 Å². The number of carbonyl (C=O) groups is 1. The third-order valence-corrected chi connectivity index (χ3v) is 6.46. The Labute approximate surface area is 163 Å². The lowest BCUT2D eigenvalue weighted by atomic mass is 9.70. The van der Waals surface area contributed by atoms with Crippen LogP contribution in [0.25, 0.3) is 0 Å². The number of amides is 1. The lowest BCUT2D eigenvalue weighted by Gasteiger charge is -2.41. The van der Waals surface area contributed by atoms with E-state index in [0.717, 1.165) is 42.5 Å². The van der Waals surface area contributed by atoms with Crippen LogP contribution in [0.1, 0.15) is 34.6 Å². The Morgan fingerprint density at radius 3 is 2.48 bits per heavy atom. The first kappa shape index (κ1) is 17.8. The zero-order valence-corrected chi connectivity index (χ0v) is 16.5. The summed E-state index contributed by atoms with van der Waals surface area (Å²) in [4.78, 5) is 19.7. The van der Waals surface area contributed by atoms with Gasteiger partial charge in [-0.2, -0.15) is 0 Å². The Kier molecular flexibility index (Phi) is 4.74. The maximum absolute atomic E-state index is 12.9. The van der Waals surface area contributed by atoms with E-state index in [1.54, 1.807) is 11.3 Å². The highest BCUT2D eigenvalue weighted by molar-refractivity contribution is 7.13. The van der Waals surface area contributed by atoms with Gasteiger partial charge in [0.2, 0.25) is 0 Å². The van der Waals surface area contributed by atoms with Crippen LogP contribution in [0, 0.1) is 0 Å². The second-order valence-electron chi connectivity index (χ2n) is 7.03. The molecule has 0 radical (unpaired) electrons. The van der Waals surface area contributed by atoms with E-state index in [-0.39, 0.29) is 11.3 Å². The highest BCUT2D eigenvalue weighted by Gasteiger charge is 2.41. The number of rotatable bonds is 4. The number of thiazole rings is 1. The summed E-state index contributed by atoms with van der Waals surface area (Å²) < 4.78 is 1.89. The number of hydrogen-bond acceptors (Lipinski definition) is 4. The van der Waals surface area contributed by atoms with Gasteiger partial charge in [-0.1, -0.05) is 30.3 Å². The van der Waals surface area contributed by atoms with Crippen LogP contribution in [-0.2, 0) is 12.5 Å². The van der Waals surface area contributed by atoms with Crippen molar-refractivity contribution in [3.05, 3.63) is 71.0 Å². The molecule has 1 aliphatic heterocycles. The van der Waals surface area contributed by atoms with Crippen LogP contribution in [0.2, 0.25) is 0 Å². The molecule has 1 saturated heterocycles. The molecule has 6 heteroatoms. The summed E-state index contributed by atoms with van der Waals surface area (Å²) >= 11 is 1.64. The summed E-state index contributed by atoms with van der Waals surface area (Å²) in [5, 5.41) is 6.24. The number of aromatic nitrogens is 2. The quantitative estimate of drug-likeness (QED) is 0.750. The molecule has 27 heavy (non-hydrogen) atoms. The first-order valence-corrected chi connectivity index (χ1v) is 10.1. The summed E-state index contributed by atoms with van der Waals surface area (Å²) in [6.07, 6.45) is 3.67. The molecule has 1 aromatic carbocycles. The highest BCUT2D eigenvalue weighted by atomic mass is 32.1. The first-order chi connectivity index (χ1) is 13.1. The average molecular weight is 381 g/mol. The number of aryl methyl sites for hydroxylation is 1. The lowest BCUT2D eigenvalue weighted by molar-refractivity contribution is 0.0674. The fraction of sp³-hybridized carbons (Fsp3) is 0.333. The van der Waals surface area contributed by atoms with E-state index >= 15 is 0 Å². The van der Waals surface area contributed by atoms with Gasteiger partial charge in [0.1, 0.15) is 5.69 Å². The van der Waals surface area contributed by atoms with Crippen molar-refractivity contribution in [2.24, 2.45) is 7.05 Å². The molecular weight excluding hydrogens is 356 g/mol. The Morgan fingerprint density at radius 2 is 1.89 bits per heavy atom. The van der Waals surface area contributed by atoms with Crippen molar-refractivity contribution in [3.8, 4) is 0 Å². The van der Waals surface area contributed by atoms with E-state index in [0.29, 0.717) is 0 Å². The number of piperidine rings is 1. The van der Waals surface area contributed by atoms with Gasteiger partial charge in [-0.05, 0) is 30.5 Å². The predicted octanol–water partition coefficient (Wildman–Crippen LogP) is 3.75. The van der Waals surface area contributed by atoms with Crippen LogP contribution in [0.3, 0.4) is 0 Å². The largest absolute Gasteiger partial charge is 0.365 e. The molecule has 0 bridgehead atoms. The van der Waals surface area contributed by atoms with Crippen molar-refractivity contribution in [1.29, 1.82) is 0 Å². The minimum absolute atomic E-state index is 0.110. The molecule has 1 amide bonds. The number of likely N-dealkylation sites (tertiary alicyclic amines) is 1. The Morgan fingerprint density at radius 1 is 1.15 bits per heavy atom. The summed E-state index contributed by atoms with van der Waals surface area (Å²) in [7, 11) is 3.82. The molecule has 1 N–H and O–H groups in total. The van der Waals surface area contributed by atoms with Crippen LogP contribution in [0.5, 0.6) is 0 Å². The molecule has 3 heterocycles. The standard InChI is InChI=1S/C21H24N4OS/c1-22-20-23-18(15-27-20)21(16-7-4-3-5-8-16)10-13-25(14-11-21)19(26)17-9-6-12-24(17)2/h3-9,12,15H,10-11,13-14H2,1-2H3,(H,22,23). The molecule has 5 nitrogen and oxygen atoms in total. The smallest absolute Gasteiger partial charge is 0.270 e. The van der Waals surface area contributed by atoms with Crippen molar-refractivity contribution in [2.75, 3.05) is 25.5 Å². The number of nitrogens with zero attached hydrogens (tertiary/aromatic N) is 3. The van der Waals surface area contributed by atoms with E-state index in [1.807, 2.05) is 48.0 Å². The monoisotopic (exact) mass is 380 g/mol. The molecule has 1 aliphatic rings. The Hall–Kier alpha value is -2.60. The number of hydrogen-bond donors (Lipinski definition) is 1. The van der Waals surface area contributed by atoms with Crippen molar-refractivity contribution < 1.29 is 4.79 Å². The van der Waals surface area contributed by atoms with Crippen molar-refractivity contribution >= 4 is 22.4 Å². The fourth-order valence-corrected chi connectivity index (χ4v) is 4.77. The Balaban J connectivity index is 1.63. The molecule has 140 valence electrons. The summed E-state index contributed by atoms with van der Waals surface area (Å²) in [6, 6.07) is 14.4. The van der Waals surface area contributed by atoms with Gasteiger partial charge in [-0.15, -0.1) is 11.3 Å². The van der Waals surface area contributed by atoms with Crippen LogP contribution in [0.15, 0.2) is 54.0 Å². The minimum atomic E-state index is -0.141. The van der Waals surface area contributed by atoms with Crippen LogP contribution >= 0.6 is 11.3 Å². The topological polar surface area (TPSA) is 50.2 Å². The molecule has 0 aliphatic carbocycles.